The first-order chi connectivity index (χ1) is 10.9. The first kappa shape index (κ1) is 16.7. The molecule has 9 heteroatoms. The molecule has 1 saturated heterocycles. The van der Waals surface area contributed by atoms with Crippen LogP contribution < -0.4 is 5.73 Å². The van der Waals surface area contributed by atoms with Crippen LogP contribution in [0.4, 0.5) is 5.82 Å². The van der Waals surface area contributed by atoms with Gasteiger partial charge in [-0.1, -0.05) is 11.6 Å². The lowest BCUT2D eigenvalue weighted by Gasteiger charge is -2.17. The minimum Gasteiger partial charge on any atom is -0.396 e. The zero-order chi connectivity index (χ0) is 16.6. The Morgan fingerprint density at radius 3 is 2.91 bits per heavy atom. The molecule has 1 aliphatic rings. The van der Waals surface area contributed by atoms with Gasteiger partial charge in [-0.2, -0.15) is 15.6 Å². The number of aliphatic hydroxyl groups excluding tert-OH is 1. The Hall–Kier alpha value is -1.19. The topological polar surface area (TPSA) is 96.5 Å². The minimum absolute atomic E-state index is 0.0330. The fraction of sp³-hybridized carbons (Fsp3) is 0.357. The average molecular weight is 374 g/mol. The fourth-order valence-electron chi connectivity index (χ4n) is 2.85. The number of halogens is 1. The van der Waals surface area contributed by atoms with E-state index in [0.29, 0.717) is 6.54 Å². The van der Waals surface area contributed by atoms with Gasteiger partial charge in [0.15, 0.2) is 0 Å². The molecule has 0 bridgehead atoms. The van der Waals surface area contributed by atoms with Gasteiger partial charge in [0.05, 0.1) is 5.02 Å². The van der Waals surface area contributed by atoms with E-state index >= 15 is 0 Å². The highest BCUT2D eigenvalue weighted by atomic mass is 35.5. The smallest absolute Gasteiger partial charge is 0.246 e. The number of thiophene rings is 1. The molecule has 124 valence electrons. The predicted octanol–water partition coefficient (Wildman–Crippen LogP) is 1.78. The normalized spacial score (nSPS) is 22.5. The van der Waals surface area contributed by atoms with Crippen molar-refractivity contribution in [3.8, 4) is 0 Å². The molecule has 0 saturated carbocycles. The molecular weight excluding hydrogens is 358 g/mol. The highest BCUT2D eigenvalue weighted by Crippen LogP contribution is 2.37. The molecule has 0 radical (unpaired) electrons. The van der Waals surface area contributed by atoms with E-state index in [2.05, 4.69) is 4.98 Å². The van der Waals surface area contributed by atoms with Crippen molar-refractivity contribution in [1.82, 2.24) is 9.29 Å². The number of hydrogen-bond donors (Lipinski definition) is 2. The van der Waals surface area contributed by atoms with Crippen LogP contribution in [-0.2, 0) is 10.0 Å². The van der Waals surface area contributed by atoms with Gasteiger partial charge in [-0.15, -0.1) is 0 Å². The number of hydrogen-bond acceptors (Lipinski definition) is 6. The summed E-state index contributed by atoms with van der Waals surface area (Å²) < 4.78 is 27.1. The van der Waals surface area contributed by atoms with Crippen LogP contribution in [-0.4, -0.2) is 42.5 Å². The van der Waals surface area contributed by atoms with Crippen LogP contribution in [0.2, 0.25) is 5.02 Å². The number of rotatable bonds is 4. The van der Waals surface area contributed by atoms with E-state index in [1.54, 1.807) is 11.3 Å². The lowest BCUT2D eigenvalue weighted by atomic mass is 9.92. The summed E-state index contributed by atoms with van der Waals surface area (Å²) >= 11 is 7.41. The number of aliphatic hydroxyl groups is 1. The molecule has 23 heavy (non-hydrogen) atoms. The second-order valence-electron chi connectivity index (χ2n) is 5.46. The summed E-state index contributed by atoms with van der Waals surface area (Å²) in [7, 11) is -3.81. The van der Waals surface area contributed by atoms with Crippen molar-refractivity contribution in [2.75, 3.05) is 25.4 Å². The van der Waals surface area contributed by atoms with E-state index in [-0.39, 0.29) is 40.7 Å². The maximum absolute atomic E-state index is 12.9. The number of anilines is 1. The third-order valence-corrected chi connectivity index (χ3v) is 6.85. The van der Waals surface area contributed by atoms with Crippen LogP contribution in [0.3, 0.4) is 0 Å². The number of nitrogen functional groups attached to an aromatic ring is 1. The van der Waals surface area contributed by atoms with Gasteiger partial charge in [0.2, 0.25) is 10.0 Å². The third kappa shape index (κ3) is 3.09. The van der Waals surface area contributed by atoms with Crippen molar-refractivity contribution in [2.24, 2.45) is 5.92 Å². The van der Waals surface area contributed by atoms with Gasteiger partial charge >= 0.3 is 0 Å². The molecule has 0 amide bonds. The van der Waals surface area contributed by atoms with Gasteiger partial charge in [0.25, 0.3) is 0 Å². The lowest BCUT2D eigenvalue weighted by molar-refractivity contribution is 0.223. The van der Waals surface area contributed by atoms with Crippen LogP contribution in [0.15, 0.2) is 34.0 Å². The number of nitrogens with zero attached hydrogens (tertiary/aromatic N) is 2. The Labute approximate surface area is 143 Å². The summed E-state index contributed by atoms with van der Waals surface area (Å²) in [4.78, 5) is 3.73. The molecule has 3 rings (SSSR count). The molecule has 0 spiro atoms. The Morgan fingerprint density at radius 2 is 2.26 bits per heavy atom. The van der Waals surface area contributed by atoms with E-state index in [4.69, 9.17) is 17.3 Å². The molecule has 3 heterocycles. The van der Waals surface area contributed by atoms with Crippen molar-refractivity contribution < 1.29 is 13.5 Å². The molecule has 2 atom stereocenters. The molecule has 2 aromatic rings. The largest absolute Gasteiger partial charge is 0.396 e. The van der Waals surface area contributed by atoms with Gasteiger partial charge in [-0.3, -0.25) is 0 Å². The van der Waals surface area contributed by atoms with Crippen molar-refractivity contribution in [1.29, 1.82) is 0 Å². The zero-order valence-corrected chi connectivity index (χ0v) is 14.5. The molecule has 1 fully saturated rings. The highest BCUT2D eigenvalue weighted by Gasteiger charge is 2.40. The number of nitrogens with two attached hydrogens (primary N) is 1. The second-order valence-corrected chi connectivity index (χ2v) is 8.59. The third-order valence-electron chi connectivity index (χ3n) is 4.08. The summed E-state index contributed by atoms with van der Waals surface area (Å²) in [5.41, 5.74) is 6.76. The molecule has 0 unspecified atom stereocenters. The molecule has 6 nitrogen and oxygen atoms in total. The SMILES string of the molecule is Nc1ncc(Cl)cc1S(=O)(=O)N1C[C@H](CO)[C@H](c2ccsc2)C1. The van der Waals surface area contributed by atoms with Gasteiger partial charge in [-0.25, -0.2) is 13.4 Å². The van der Waals surface area contributed by atoms with Crippen molar-refractivity contribution in [3.63, 3.8) is 0 Å². The van der Waals surface area contributed by atoms with E-state index in [0.717, 1.165) is 5.56 Å². The number of pyridine rings is 1. The van der Waals surface area contributed by atoms with Crippen LogP contribution in [0.1, 0.15) is 11.5 Å². The standard InChI is InChI=1S/C14H16ClN3O3S2/c15-11-3-13(14(16)17-4-11)23(20,21)18-5-10(7-19)12(6-18)9-1-2-22-8-9/h1-4,8,10,12,19H,5-7H2,(H2,16,17)/t10-,12+/m1/s1. The van der Waals surface area contributed by atoms with Crippen molar-refractivity contribution in [3.05, 3.63) is 39.7 Å². The number of sulfonamides is 1. The van der Waals surface area contributed by atoms with Crippen molar-refractivity contribution in [2.45, 2.75) is 10.8 Å². The summed E-state index contributed by atoms with van der Waals surface area (Å²) in [6, 6.07) is 3.27. The van der Waals surface area contributed by atoms with Gasteiger partial charge in [-0.05, 0) is 28.5 Å². The first-order valence-corrected chi connectivity index (χ1v) is 9.73. The summed E-state index contributed by atoms with van der Waals surface area (Å²) in [5.74, 6) is -0.254. The maximum atomic E-state index is 12.9. The quantitative estimate of drug-likeness (QED) is 0.851. The minimum atomic E-state index is -3.81. The Kier molecular flexibility index (Phi) is 4.61. The Bertz CT molecular complexity index is 796. The zero-order valence-electron chi connectivity index (χ0n) is 12.1. The van der Waals surface area contributed by atoms with Crippen LogP contribution in [0.5, 0.6) is 0 Å². The van der Waals surface area contributed by atoms with E-state index < -0.39 is 10.0 Å². The first-order valence-electron chi connectivity index (χ1n) is 6.97. The van der Waals surface area contributed by atoms with E-state index in [1.807, 2.05) is 16.8 Å². The molecule has 3 N–H and O–H groups in total. The molecule has 0 aromatic carbocycles. The van der Waals surface area contributed by atoms with Gasteiger partial charge in [0.1, 0.15) is 10.7 Å². The van der Waals surface area contributed by atoms with Gasteiger partial charge in [0, 0.05) is 37.7 Å². The summed E-state index contributed by atoms with van der Waals surface area (Å²) in [6.45, 7) is 0.470. The molecule has 1 aliphatic heterocycles. The second kappa shape index (κ2) is 6.37. The molecular formula is C14H16ClN3O3S2. The average Bonchev–Trinajstić information content (AvgIpc) is 3.17. The predicted molar refractivity (Wildman–Crippen MR) is 90.1 cm³/mol. The Morgan fingerprint density at radius 1 is 1.48 bits per heavy atom. The summed E-state index contributed by atoms with van der Waals surface area (Å²) in [5, 5.41) is 13.8. The number of aromatic nitrogens is 1. The van der Waals surface area contributed by atoms with Crippen LogP contribution >= 0.6 is 22.9 Å². The van der Waals surface area contributed by atoms with E-state index in [9.17, 15) is 13.5 Å². The van der Waals surface area contributed by atoms with Gasteiger partial charge < -0.3 is 10.8 Å². The Balaban J connectivity index is 1.94. The lowest BCUT2D eigenvalue weighted by Crippen LogP contribution is -2.30. The van der Waals surface area contributed by atoms with E-state index in [1.165, 1.54) is 16.6 Å². The van der Waals surface area contributed by atoms with Crippen LogP contribution in [0, 0.1) is 5.92 Å². The highest BCUT2D eigenvalue weighted by molar-refractivity contribution is 7.89. The van der Waals surface area contributed by atoms with Crippen LogP contribution in [0.25, 0.3) is 0 Å². The molecule has 0 aliphatic carbocycles. The monoisotopic (exact) mass is 373 g/mol. The van der Waals surface area contributed by atoms with Crippen molar-refractivity contribution >= 4 is 38.8 Å². The fourth-order valence-corrected chi connectivity index (χ4v) is 5.42. The molecule has 2 aromatic heterocycles. The summed E-state index contributed by atoms with van der Waals surface area (Å²) in [6.07, 6.45) is 1.31. The maximum Gasteiger partial charge on any atom is 0.246 e.